The van der Waals surface area contributed by atoms with Gasteiger partial charge in [-0.05, 0) is 0 Å². The zero-order valence-electron chi connectivity index (χ0n) is 13.0. The Bertz CT molecular complexity index is 181. The molecule has 0 amide bonds. The molecule has 0 atom stereocenters. The van der Waals surface area contributed by atoms with Gasteiger partial charge in [0.2, 0.25) is 0 Å². The fourth-order valence-electron chi connectivity index (χ4n) is 1.39. The van der Waals surface area contributed by atoms with E-state index < -0.39 is 22.0 Å². The van der Waals surface area contributed by atoms with Crippen molar-refractivity contribution in [3.63, 3.8) is 0 Å². The molecule has 0 radical (unpaired) electrons. The second-order valence-electron chi connectivity index (χ2n) is 5.20. The van der Waals surface area contributed by atoms with Crippen LogP contribution in [0.4, 0.5) is 0 Å². The summed E-state index contributed by atoms with van der Waals surface area (Å²) in [5, 5.41) is 0. The standard InChI is InChI=1S/C4H9O.3C3H7O.Zr/c1-2-3-4-5;3*1-3(2)4;/h2-4H2,1H3;3*3H,1-2H3;/q4*-1;+4. The first-order valence-electron chi connectivity index (χ1n) is 6.98. The molecular weight excluding hydrogens is 311 g/mol. The van der Waals surface area contributed by atoms with Crippen LogP contribution in [0.5, 0.6) is 0 Å². The Balaban J connectivity index is 4.74. The van der Waals surface area contributed by atoms with Crippen LogP contribution in [-0.4, -0.2) is 24.9 Å². The second-order valence-corrected chi connectivity index (χ2v) is 10.1. The molecule has 0 saturated carbocycles. The van der Waals surface area contributed by atoms with E-state index in [1.54, 1.807) is 0 Å². The van der Waals surface area contributed by atoms with Crippen molar-refractivity contribution in [2.24, 2.45) is 0 Å². The maximum atomic E-state index is 5.95. The molecule has 4 nitrogen and oxygen atoms in total. The van der Waals surface area contributed by atoms with Crippen molar-refractivity contribution in [1.29, 1.82) is 0 Å². The van der Waals surface area contributed by atoms with Crippen LogP contribution in [0.15, 0.2) is 0 Å². The van der Waals surface area contributed by atoms with Crippen LogP contribution in [-0.2, 0) is 33.3 Å². The van der Waals surface area contributed by atoms with Gasteiger partial charge in [-0.3, -0.25) is 0 Å². The van der Waals surface area contributed by atoms with E-state index in [1.807, 2.05) is 41.5 Å². The van der Waals surface area contributed by atoms with E-state index in [0.29, 0.717) is 6.61 Å². The summed E-state index contributed by atoms with van der Waals surface area (Å²) in [6, 6.07) is 0. The van der Waals surface area contributed by atoms with Crippen molar-refractivity contribution in [2.75, 3.05) is 6.61 Å². The van der Waals surface area contributed by atoms with Gasteiger partial charge in [0, 0.05) is 0 Å². The topological polar surface area (TPSA) is 36.9 Å². The Hall–Kier alpha value is 0.723. The van der Waals surface area contributed by atoms with E-state index in [1.165, 1.54) is 0 Å². The predicted molar refractivity (Wildman–Crippen MR) is 69.5 cm³/mol. The Labute approximate surface area is 119 Å². The summed E-state index contributed by atoms with van der Waals surface area (Å²) in [5.74, 6) is 0. The molecule has 0 heterocycles. The van der Waals surface area contributed by atoms with Crippen LogP contribution < -0.4 is 0 Å². The van der Waals surface area contributed by atoms with Crippen LogP contribution in [0.2, 0.25) is 0 Å². The Morgan fingerprint density at radius 1 is 0.778 bits per heavy atom. The number of hydrogen-bond donors (Lipinski definition) is 0. The van der Waals surface area contributed by atoms with Gasteiger partial charge in [-0.1, -0.05) is 0 Å². The zero-order chi connectivity index (χ0) is 14.2. The van der Waals surface area contributed by atoms with Gasteiger partial charge in [-0.2, -0.15) is 0 Å². The summed E-state index contributed by atoms with van der Waals surface area (Å²) < 4.78 is 23.8. The van der Waals surface area contributed by atoms with Gasteiger partial charge in [0.15, 0.2) is 0 Å². The molecule has 0 rings (SSSR count). The molecule has 18 heavy (non-hydrogen) atoms. The van der Waals surface area contributed by atoms with Crippen LogP contribution in [0.1, 0.15) is 61.3 Å². The number of rotatable bonds is 10. The quantitative estimate of drug-likeness (QED) is 0.565. The molecule has 0 spiro atoms. The third-order valence-corrected chi connectivity index (χ3v) is 8.89. The summed E-state index contributed by atoms with van der Waals surface area (Å²) in [5.41, 5.74) is 0. The van der Waals surface area contributed by atoms with Crippen molar-refractivity contribution in [1.82, 2.24) is 0 Å². The Morgan fingerprint density at radius 3 is 1.44 bits per heavy atom. The monoisotopic (exact) mass is 340 g/mol. The molecule has 110 valence electrons. The average Bonchev–Trinajstić information content (AvgIpc) is 2.13. The van der Waals surface area contributed by atoms with E-state index in [-0.39, 0.29) is 18.3 Å². The first kappa shape index (κ1) is 18.7. The first-order valence-corrected chi connectivity index (χ1v) is 11.0. The average molecular weight is 342 g/mol. The second kappa shape index (κ2) is 9.60. The molecule has 5 heteroatoms. The van der Waals surface area contributed by atoms with Gasteiger partial charge < -0.3 is 0 Å². The summed E-state index contributed by atoms with van der Waals surface area (Å²) in [4.78, 5) is 0. The molecule has 0 fully saturated rings. The van der Waals surface area contributed by atoms with Gasteiger partial charge in [0.05, 0.1) is 0 Å². The van der Waals surface area contributed by atoms with Crippen molar-refractivity contribution >= 4 is 0 Å². The SMILES string of the molecule is CCCC[O][Zr]([O]C(C)C)([O]C(C)C)[O]C(C)C. The molecule has 0 aromatic heterocycles. The molecule has 0 aliphatic rings. The van der Waals surface area contributed by atoms with Crippen molar-refractivity contribution < 1.29 is 33.3 Å². The molecule has 0 aliphatic carbocycles. The van der Waals surface area contributed by atoms with Crippen LogP contribution in [0.3, 0.4) is 0 Å². The van der Waals surface area contributed by atoms with E-state index in [4.69, 9.17) is 11.3 Å². The molecule has 0 unspecified atom stereocenters. The number of unbranched alkanes of at least 4 members (excludes halogenated alkanes) is 1. The minimum absolute atomic E-state index is 0.0555. The van der Waals surface area contributed by atoms with Crippen molar-refractivity contribution in [3.05, 3.63) is 0 Å². The van der Waals surface area contributed by atoms with Crippen molar-refractivity contribution in [3.8, 4) is 0 Å². The minimum atomic E-state index is -3.86. The van der Waals surface area contributed by atoms with Gasteiger partial charge in [0.25, 0.3) is 0 Å². The fraction of sp³-hybridized carbons (Fsp3) is 1.00. The third kappa shape index (κ3) is 8.76. The molecule has 0 aromatic carbocycles. The molecule has 0 aromatic rings. The van der Waals surface area contributed by atoms with E-state index in [0.717, 1.165) is 12.8 Å². The summed E-state index contributed by atoms with van der Waals surface area (Å²) in [6.45, 7) is 14.7. The summed E-state index contributed by atoms with van der Waals surface area (Å²) >= 11 is -3.86. The zero-order valence-corrected chi connectivity index (χ0v) is 15.4. The molecule has 0 N–H and O–H groups in total. The predicted octanol–water partition coefficient (Wildman–Crippen LogP) is 3.89. The maximum absolute atomic E-state index is 5.95. The van der Waals surface area contributed by atoms with E-state index >= 15 is 0 Å². The van der Waals surface area contributed by atoms with Crippen molar-refractivity contribution in [2.45, 2.75) is 79.6 Å². The summed E-state index contributed by atoms with van der Waals surface area (Å²) in [7, 11) is 0. The van der Waals surface area contributed by atoms with Crippen LogP contribution in [0, 0.1) is 0 Å². The Morgan fingerprint density at radius 2 is 1.17 bits per heavy atom. The summed E-state index contributed by atoms with van der Waals surface area (Å²) in [6.07, 6.45) is 2.26. The van der Waals surface area contributed by atoms with E-state index in [9.17, 15) is 0 Å². The first-order chi connectivity index (χ1) is 8.31. The van der Waals surface area contributed by atoms with Gasteiger partial charge in [0.1, 0.15) is 0 Å². The normalized spacial score (nSPS) is 13.0. The molecule has 0 aliphatic heterocycles. The Kier molecular flexibility index (Phi) is 9.98. The molecule has 0 saturated heterocycles. The van der Waals surface area contributed by atoms with Crippen LogP contribution >= 0.6 is 0 Å². The fourth-order valence-corrected chi connectivity index (χ4v) is 7.53. The molecular formula is C13H30O4Zr. The van der Waals surface area contributed by atoms with Crippen LogP contribution in [0.25, 0.3) is 0 Å². The van der Waals surface area contributed by atoms with Gasteiger partial charge >= 0.3 is 120 Å². The van der Waals surface area contributed by atoms with E-state index in [2.05, 4.69) is 6.92 Å². The van der Waals surface area contributed by atoms with Gasteiger partial charge in [-0.25, -0.2) is 0 Å². The molecule has 0 bridgehead atoms. The van der Waals surface area contributed by atoms with Gasteiger partial charge in [-0.15, -0.1) is 0 Å². The number of hydrogen-bond acceptors (Lipinski definition) is 4. The third-order valence-electron chi connectivity index (χ3n) is 1.92.